The zero-order valence-corrected chi connectivity index (χ0v) is 10.5. The summed E-state index contributed by atoms with van der Waals surface area (Å²) in [6, 6.07) is 6.10. The minimum Gasteiger partial charge on any atom is -0.365 e. The molecule has 4 heteroatoms. The van der Waals surface area contributed by atoms with Crippen molar-refractivity contribution in [3.05, 3.63) is 34.3 Å². The molecule has 16 heavy (non-hydrogen) atoms. The van der Waals surface area contributed by atoms with Crippen LogP contribution in [-0.2, 0) is 16.9 Å². The highest BCUT2D eigenvalue weighted by Gasteiger charge is 2.42. The Morgan fingerprint density at radius 2 is 2.00 bits per heavy atom. The van der Waals surface area contributed by atoms with Crippen LogP contribution in [0.5, 0.6) is 0 Å². The SMILES string of the molecule is Cl.Clc1cccc2c1C1(CCNCC1)OC2. The third-order valence-electron chi connectivity index (χ3n) is 3.47. The van der Waals surface area contributed by atoms with Gasteiger partial charge in [-0.25, -0.2) is 0 Å². The summed E-state index contributed by atoms with van der Waals surface area (Å²) in [4.78, 5) is 0. The standard InChI is InChI=1S/C12H14ClNO.ClH/c13-10-3-1-2-9-8-15-12(11(9)10)4-6-14-7-5-12;/h1-3,14H,4-8H2;1H. The number of ether oxygens (including phenoxy) is 1. The summed E-state index contributed by atoms with van der Waals surface area (Å²) in [7, 11) is 0. The molecule has 1 saturated heterocycles. The molecule has 2 aliphatic heterocycles. The number of fused-ring (bicyclic) bond motifs is 2. The lowest BCUT2D eigenvalue weighted by Gasteiger charge is -2.34. The van der Waals surface area contributed by atoms with E-state index in [-0.39, 0.29) is 18.0 Å². The van der Waals surface area contributed by atoms with Crippen LogP contribution in [0.1, 0.15) is 24.0 Å². The Labute approximate surface area is 107 Å². The van der Waals surface area contributed by atoms with Gasteiger partial charge in [0.15, 0.2) is 0 Å². The van der Waals surface area contributed by atoms with E-state index < -0.39 is 0 Å². The summed E-state index contributed by atoms with van der Waals surface area (Å²) in [6.45, 7) is 2.76. The van der Waals surface area contributed by atoms with Crippen LogP contribution in [0.4, 0.5) is 0 Å². The Kier molecular flexibility index (Phi) is 3.45. The highest BCUT2D eigenvalue weighted by molar-refractivity contribution is 6.31. The quantitative estimate of drug-likeness (QED) is 0.774. The number of hydrogen-bond acceptors (Lipinski definition) is 2. The number of piperidine rings is 1. The van der Waals surface area contributed by atoms with E-state index in [0.29, 0.717) is 0 Å². The van der Waals surface area contributed by atoms with Gasteiger partial charge in [0, 0.05) is 10.6 Å². The van der Waals surface area contributed by atoms with Gasteiger partial charge in [0.2, 0.25) is 0 Å². The zero-order valence-electron chi connectivity index (χ0n) is 8.96. The second-order valence-corrected chi connectivity index (χ2v) is 4.71. The van der Waals surface area contributed by atoms with Crippen molar-refractivity contribution < 1.29 is 4.74 Å². The molecule has 1 aromatic rings. The first-order valence-corrected chi connectivity index (χ1v) is 5.82. The molecular formula is C12H15Cl2NO. The lowest BCUT2D eigenvalue weighted by Crippen LogP contribution is -2.39. The van der Waals surface area contributed by atoms with Gasteiger partial charge in [-0.3, -0.25) is 0 Å². The first kappa shape index (κ1) is 12.2. The molecule has 3 rings (SSSR count). The van der Waals surface area contributed by atoms with Crippen LogP contribution in [0.3, 0.4) is 0 Å². The van der Waals surface area contributed by atoms with Gasteiger partial charge >= 0.3 is 0 Å². The summed E-state index contributed by atoms with van der Waals surface area (Å²) < 4.78 is 6.01. The molecule has 2 nitrogen and oxygen atoms in total. The number of rotatable bonds is 0. The fraction of sp³-hybridized carbons (Fsp3) is 0.500. The maximum Gasteiger partial charge on any atom is 0.0977 e. The summed E-state index contributed by atoms with van der Waals surface area (Å²) >= 11 is 6.29. The Balaban J connectivity index is 0.000000963. The summed E-state index contributed by atoms with van der Waals surface area (Å²) in [5.74, 6) is 0. The highest BCUT2D eigenvalue weighted by Crippen LogP contribution is 2.45. The zero-order chi connectivity index (χ0) is 10.3. The smallest absolute Gasteiger partial charge is 0.0977 e. The van der Waals surface area contributed by atoms with Crippen LogP contribution in [0.2, 0.25) is 5.02 Å². The van der Waals surface area contributed by atoms with Crippen molar-refractivity contribution in [2.45, 2.75) is 25.0 Å². The topological polar surface area (TPSA) is 21.3 Å². The van der Waals surface area contributed by atoms with E-state index in [0.717, 1.165) is 37.6 Å². The van der Waals surface area contributed by atoms with Gasteiger partial charge in [0.05, 0.1) is 12.2 Å². The first-order valence-electron chi connectivity index (χ1n) is 5.44. The van der Waals surface area contributed by atoms with Crippen molar-refractivity contribution >= 4 is 24.0 Å². The number of hydrogen-bond donors (Lipinski definition) is 1. The van der Waals surface area contributed by atoms with Gasteiger partial charge in [0.25, 0.3) is 0 Å². The number of nitrogens with one attached hydrogen (secondary N) is 1. The molecule has 0 aromatic heterocycles. The van der Waals surface area contributed by atoms with Gasteiger partial charge in [-0.1, -0.05) is 23.7 Å². The molecule has 2 heterocycles. The lowest BCUT2D eigenvalue weighted by molar-refractivity contribution is -0.0589. The fourth-order valence-electron chi connectivity index (χ4n) is 2.71. The van der Waals surface area contributed by atoms with Crippen LogP contribution in [0.25, 0.3) is 0 Å². The van der Waals surface area contributed by atoms with Crippen LogP contribution in [0, 0.1) is 0 Å². The molecule has 1 aromatic carbocycles. The van der Waals surface area contributed by atoms with Crippen LogP contribution in [0.15, 0.2) is 18.2 Å². The molecule has 0 saturated carbocycles. The molecule has 1 spiro atoms. The monoisotopic (exact) mass is 259 g/mol. The molecule has 2 aliphatic rings. The molecule has 0 aliphatic carbocycles. The molecule has 0 atom stereocenters. The van der Waals surface area contributed by atoms with Crippen LogP contribution in [-0.4, -0.2) is 13.1 Å². The maximum absolute atomic E-state index is 6.29. The van der Waals surface area contributed by atoms with Crippen molar-refractivity contribution in [2.75, 3.05) is 13.1 Å². The van der Waals surface area contributed by atoms with Gasteiger partial charge in [-0.2, -0.15) is 0 Å². The van der Waals surface area contributed by atoms with Gasteiger partial charge in [-0.15, -0.1) is 12.4 Å². The van der Waals surface area contributed by atoms with E-state index in [4.69, 9.17) is 16.3 Å². The minimum absolute atomic E-state index is 0. The fourth-order valence-corrected chi connectivity index (χ4v) is 3.08. The van der Waals surface area contributed by atoms with Crippen molar-refractivity contribution in [1.29, 1.82) is 0 Å². The number of benzene rings is 1. The van der Waals surface area contributed by atoms with Crippen molar-refractivity contribution in [1.82, 2.24) is 5.32 Å². The summed E-state index contributed by atoms with van der Waals surface area (Å²) in [6.07, 6.45) is 2.06. The molecule has 1 N–H and O–H groups in total. The van der Waals surface area contributed by atoms with E-state index in [9.17, 15) is 0 Å². The number of halogens is 2. The van der Waals surface area contributed by atoms with Gasteiger partial charge in [-0.05, 0) is 37.6 Å². The largest absolute Gasteiger partial charge is 0.365 e. The van der Waals surface area contributed by atoms with E-state index in [1.54, 1.807) is 0 Å². The van der Waals surface area contributed by atoms with E-state index in [1.165, 1.54) is 11.1 Å². The minimum atomic E-state index is -0.0983. The highest BCUT2D eigenvalue weighted by atomic mass is 35.5. The van der Waals surface area contributed by atoms with Crippen LogP contribution < -0.4 is 5.32 Å². The summed E-state index contributed by atoms with van der Waals surface area (Å²) in [5.41, 5.74) is 2.41. The van der Waals surface area contributed by atoms with Crippen molar-refractivity contribution in [3.63, 3.8) is 0 Å². The first-order chi connectivity index (χ1) is 7.32. The Hall–Kier alpha value is -0.280. The molecule has 88 valence electrons. The van der Waals surface area contributed by atoms with Crippen molar-refractivity contribution in [2.24, 2.45) is 0 Å². The normalized spacial score (nSPS) is 21.6. The second-order valence-electron chi connectivity index (χ2n) is 4.31. The van der Waals surface area contributed by atoms with Crippen molar-refractivity contribution in [3.8, 4) is 0 Å². The maximum atomic E-state index is 6.29. The Morgan fingerprint density at radius 3 is 2.75 bits per heavy atom. The lowest BCUT2D eigenvalue weighted by atomic mass is 9.84. The molecule has 0 unspecified atom stereocenters. The Morgan fingerprint density at radius 1 is 1.25 bits per heavy atom. The average molecular weight is 260 g/mol. The Bertz CT molecular complexity index is 383. The predicted octanol–water partition coefficient (Wildman–Crippen LogP) is 2.87. The molecular weight excluding hydrogens is 245 g/mol. The summed E-state index contributed by atoms with van der Waals surface area (Å²) in [5, 5.41) is 4.23. The third-order valence-corrected chi connectivity index (χ3v) is 3.79. The van der Waals surface area contributed by atoms with E-state index in [1.807, 2.05) is 12.1 Å². The van der Waals surface area contributed by atoms with Gasteiger partial charge in [0.1, 0.15) is 0 Å². The second kappa shape index (κ2) is 4.53. The predicted molar refractivity (Wildman–Crippen MR) is 67.3 cm³/mol. The van der Waals surface area contributed by atoms with Gasteiger partial charge < -0.3 is 10.1 Å². The van der Waals surface area contributed by atoms with Crippen LogP contribution >= 0.6 is 24.0 Å². The molecule has 0 radical (unpaired) electrons. The molecule has 0 amide bonds. The third kappa shape index (κ3) is 1.74. The molecule has 1 fully saturated rings. The van der Waals surface area contributed by atoms with E-state index in [2.05, 4.69) is 11.4 Å². The molecule has 0 bridgehead atoms. The van der Waals surface area contributed by atoms with E-state index >= 15 is 0 Å². The average Bonchev–Trinajstić information content (AvgIpc) is 2.60.